The van der Waals surface area contributed by atoms with Gasteiger partial charge in [0, 0.05) is 39.2 Å². The van der Waals surface area contributed by atoms with Crippen LogP contribution in [0.25, 0.3) is 0 Å². The van der Waals surface area contributed by atoms with E-state index in [2.05, 4.69) is 42.2 Å². The van der Waals surface area contributed by atoms with Gasteiger partial charge in [-0.05, 0) is 69.7 Å². The van der Waals surface area contributed by atoms with Crippen LogP contribution in [0.5, 0.6) is 0 Å². The van der Waals surface area contributed by atoms with E-state index in [9.17, 15) is 28.8 Å². The third kappa shape index (κ3) is 18.1. The minimum absolute atomic E-state index is 0.0998. The Morgan fingerprint density at radius 1 is 0.889 bits per heavy atom. The normalized spacial score (nSPS) is 12.1. The van der Waals surface area contributed by atoms with Crippen LogP contribution in [0, 0.1) is 5.92 Å². The van der Waals surface area contributed by atoms with E-state index in [4.69, 9.17) is 14.2 Å². The Hall–Kier alpha value is -5.10. The standard InChI is InChI=1S/C36H57N9O9/c1-24(2)17-31(37-4)34(49)42-30(25(3)46)13-7-8-15-40-33(48)27-12-9-11-26(18-27)20-45-21-28(43-44-45)19-41-32(47)14-10-16-52-29(22-53-35(50)38-5)23-54-36(51)39-6/h9,11-12,18,21,24,29-31,37H,7-8,10,13-17,19-20,22-23H2,1-6H3,(H,38,50)(H,39,51)(H,40,48)(H,41,47)(H,42,49)/t30-,31-/m0/s1. The fourth-order valence-electron chi connectivity index (χ4n) is 5.14. The molecule has 6 N–H and O–H groups in total. The maximum atomic E-state index is 12.9. The molecular formula is C36H57N9O9. The molecule has 0 fully saturated rings. The van der Waals surface area contributed by atoms with E-state index < -0.39 is 24.3 Å². The molecule has 0 saturated carbocycles. The van der Waals surface area contributed by atoms with Crippen LogP contribution in [0.2, 0.25) is 0 Å². The van der Waals surface area contributed by atoms with E-state index in [1.807, 2.05) is 19.9 Å². The molecule has 2 atom stereocenters. The molecule has 0 aliphatic rings. The van der Waals surface area contributed by atoms with Crippen molar-refractivity contribution in [1.82, 2.24) is 46.9 Å². The molecule has 2 aromatic rings. The monoisotopic (exact) mass is 759 g/mol. The van der Waals surface area contributed by atoms with Gasteiger partial charge in [0.2, 0.25) is 11.8 Å². The second-order valence-electron chi connectivity index (χ2n) is 13.1. The Bertz CT molecular complexity index is 1480. The number of nitrogens with one attached hydrogen (secondary N) is 6. The molecule has 54 heavy (non-hydrogen) atoms. The molecule has 18 heteroatoms. The minimum Gasteiger partial charge on any atom is -0.447 e. The number of Topliss-reactive ketones (excluding diaryl/α,β-unsaturated/α-hetero) is 1. The lowest BCUT2D eigenvalue weighted by atomic mass is 10.0. The van der Waals surface area contributed by atoms with E-state index in [0.717, 1.165) is 5.56 Å². The van der Waals surface area contributed by atoms with Crippen molar-refractivity contribution in [2.45, 2.75) is 90.6 Å². The second kappa shape index (κ2) is 25.0. The highest BCUT2D eigenvalue weighted by Gasteiger charge is 2.23. The van der Waals surface area contributed by atoms with Crippen LogP contribution in [0.1, 0.15) is 80.9 Å². The molecule has 5 amide bonds. The number of hydrogen-bond acceptors (Lipinski definition) is 12. The summed E-state index contributed by atoms with van der Waals surface area (Å²) in [6.07, 6.45) is 2.69. The quantitative estimate of drug-likeness (QED) is 0.0790. The highest BCUT2D eigenvalue weighted by Crippen LogP contribution is 2.10. The van der Waals surface area contributed by atoms with Gasteiger partial charge in [0.15, 0.2) is 5.78 Å². The SMILES string of the molecule is CNC(=O)OCC(COC(=O)NC)OCCCC(=O)NCc1cn(Cc2cccc(C(=O)NCCCC[C@H](NC(=O)[C@H](CC(C)C)NC)C(C)=O)c2)nn1. The number of amides is 5. The van der Waals surface area contributed by atoms with Crippen molar-refractivity contribution in [2.75, 3.05) is 47.5 Å². The molecule has 0 saturated heterocycles. The first-order valence-electron chi connectivity index (χ1n) is 18.2. The van der Waals surface area contributed by atoms with Gasteiger partial charge in [-0.1, -0.05) is 31.2 Å². The Morgan fingerprint density at radius 2 is 1.59 bits per heavy atom. The third-order valence-electron chi connectivity index (χ3n) is 8.08. The number of likely N-dealkylation sites (N-methyl/N-ethyl adjacent to an activating group) is 1. The molecule has 1 aromatic carbocycles. The molecule has 0 radical (unpaired) electrons. The van der Waals surface area contributed by atoms with Gasteiger partial charge in [-0.2, -0.15) is 0 Å². The summed E-state index contributed by atoms with van der Waals surface area (Å²) >= 11 is 0. The van der Waals surface area contributed by atoms with Crippen molar-refractivity contribution in [2.24, 2.45) is 5.92 Å². The van der Waals surface area contributed by atoms with Crippen molar-refractivity contribution in [3.63, 3.8) is 0 Å². The second-order valence-corrected chi connectivity index (χ2v) is 13.1. The zero-order valence-corrected chi connectivity index (χ0v) is 32.2. The van der Waals surface area contributed by atoms with E-state index >= 15 is 0 Å². The fourth-order valence-corrected chi connectivity index (χ4v) is 5.14. The van der Waals surface area contributed by atoms with Crippen LogP contribution in [0.4, 0.5) is 9.59 Å². The number of ether oxygens (including phenoxy) is 3. The van der Waals surface area contributed by atoms with Gasteiger partial charge < -0.3 is 46.1 Å². The first-order chi connectivity index (χ1) is 25.8. The van der Waals surface area contributed by atoms with Crippen LogP contribution in [-0.2, 0) is 41.7 Å². The minimum atomic E-state index is -0.704. The average molecular weight is 760 g/mol. The summed E-state index contributed by atoms with van der Waals surface area (Å²) in [5, 5.41) is 24.5. The summed E-state index contributed by atoms with van der Waals surface area (Å²) in [6, 6.07) is 6.23. The van der Waals surface area contributed by atoms with Gasteiger partial charge in [-0.3, -0.25) is 19.2 Å². The fraction of sp³-hybridized carbons (Fsp3) is 0.611. The Morgan fingerprint density at radius 3 is 2.22 bits per heavy atom. The summed E-state index contributed by atoms with van der Waals surface area (Å²) in [4.78, 5) is 72.8. The summed E-state index contributed by atoms with van der Waals surface area (Å²) in [7, 11) is 4.57. The first-order valence-corrected chi connectivity index (χ1v) is 18.2. The van der Waals surface area contributed by atoms with Gasteiger partial charge in [0.25, 0.3) is 5.91 Å². The molecule has 2 rings (SSSR count). The van der Waals surface area contributed by atoms with Crippen molar-refractivity contribution in [3.8, 4) is 0 Å². The molecule has 0 bridgehead atoms. The van der Waals surface area contributed by atoms with E-state index in [-0.39, 0.29) is 62.3 Å². The maximum Gasteiger partial charge on any atom is 0.406 e. The van der Waals surface area contributed by atoms with Gasteiger partial charge in [-0.25, -0.2) is 14.3 Å². The van der Waals surface area contributed by atoms with Crippen LogP contribution in [0.3, 0.4) is 0 Å². The van der Waals surface area contributed by atoms with Gasteiger partial charge >= 0.3 is 12.2 Å². The molecule has 0 unspecified atom stereocenters. The van der Waals surface area contributed by atoms with Gasteiger partial charge in [0.05, 0.1) is 31.4 Å². The summed E-state index contributed by atoms with van der Waals surface area (Å²) in [5.41, 5.74) is 1.88. The molecule has 0 aliphatic carbocycles. The lowest BCUT2D eigenvalue weighted by Crippen LogP contribution is -2.49. The number of benzene rings is 1. The summed E-state index contributed by atoms with van der Waals surface area (Å²) in [5.74, 6) is -0.404. The highest BCUT2D eigenvalue weighted by atomic mass is 16.6. The number of ketones is 1. The van der Waals surface area contributed by atoms with Gasteiger partial charge in [0.1, 0.15) is 25.0 Å². The first kappa shape index (κ1) is 45.1. The number of carbonyl (C=O) groups is 6. The van der Waals surface area contributed by atoms with Crippen LogP contribution in [-0.4, -0.2) is 116 Å². The summed E-state index contributed by atoms with van der Waals surface area (Å²) < 4.78 is 17.2. The number of alkyl carbamates (subject to hydrolysis) is 2. The predicted octanol–water partition coefficient (Wildman–Crippen LogP) is 1.43. The molecule has 0 aliphatic heterocycles. The summed E-state index contributed by atoms with van der Waals surface area (Å²) in [6.45, 7) is 6.38. The Balaban J connectivity index is 1.74. The Labute approximate surface area is 316 Å². The molecular weight excluding hydrogens is 702 g/mol. The van der Waals surface area contributed by atoms with E-state index in [0.29, 0.717) is 62.4 Å². The highest BCUT2D eigenvalue weighted by molar-refractivity contribution is 5.94. The van der Waals surface area contributed by atoms with Crippen LogP contribution < -0.4 is 31.9 Å². The Kier molecular flexibility index (Phi) is 20.9. The molecule has 0 spiro atoms. The number of aromatic nitrogens is 3. The van der Waals surface area contributed by atoms with Crippen LogP contribution >= 0.6 is 0 Å². The third-order valence-corrected chi connectivity index (χ3v) is 8.08. The van der Waals surface area contributed by atoms with Crippen molar-refractivity contribution < 1.29 is 43.0 Å². The number of nitrogens with zero attached hydrogens (tertiary/aromatic N) is 3. The number of unbranched alkanes of at least 4 members (excludes halogenated alkanes) is 1. The van der Waals surface area contributed by atoms with Crippen LogP contribution in [0.15, 0.2) is 30.5 Å². The number of rotatable bonds is 25. The van der Waals surface area contributed by atoms with Crippen molar-refractivity contribution in [1.29, 1.82) is 0 Å². The molecule has 1 heterocycles. The van der Waals surface area contributed by atoms with Crippen molar-refractivity contribution in [3.05, 3.63) is 47.3 Å². The lowest BCUT2D eigenvalue weighted by Gasteiger charge is -2.22. The van der Waals surface area contributed by atoms with Gasteiger partial charge in [-0.15, -0.1) is 5.10 Å². The maximum absolute atomic E-state index is 12.9. The van der Waals surface area contributed by atoms with E-state index in [1.165, 1.54) is 21.0 Å². The molecule has 1 aromatic heterocycles. The molecule has 300 valence electrons. The lowest BCUT2D eigenvalue weighted by molar-refractivity contribution is -0.128. The largest absolute Gasteiger partial charge is 0.447 e. The number of hydrogen-bond donors (Lipinski definition) is 6. The topological polar surface area (TPSA) is 233 Å². The average Bonchev–Trinajstić information content (AvgIpc) is 3.60. The van der Waals surface area contributed by atoms with E-state index in [1.54, 1.807) is 36.1 Å². The smallest absolute Gasteiger partial charge is 0.406 e. The van der Waals surface area contributed by atoms with Crippen molar-refractivity contribution >= 4 is 35.7 Å². The number of carbonyl (C=O) groups excluding carboxylic acids is 6. The molecule has 18 nitrogen and oxygen atoms in total. The zero-order chi connectivity index (χ0) is 39.9. The zero-order valence-electron chi connectivity index (χ0n) is 32.2. The predicted molar refractivity (Wildman–Crippen MR) is 198 cm³/mol.